The molecule has 0 saturated carbocycles. The van der Waals surface area contributed by atoms with Crippen molar-refractivity contribution in [3.63, 3.8) is 0 Å². The summed E-state index contributed by atoms with van der Waals surface area (Å²) in [6, 6.07) is 13.3. The van der Waals surface area contributed by atoms with Crippen LogP contribution in [0.1, 0.15) is 54.0 Å². The van der Waals surface area contributed by atoms with Crippen molar-refractivity contribution in [3.8, 4) is 22.8 Å². The first-order chi connectivity index (χ1) is 21.1. The zero-order chi connectivity index (χ0) is 32.2. The Balaban J connectivity index is 0.00000216. The molecule has 2 aromatic heterocycles. The lowest BCUT2D eigenvalue weighted by molar-refractivity contribution is -0.143. The lowest BCUT2D eigenvalue weighted by Crippen LogP contribution is -2.55. The third kappa shape index (κ3) is 6.22. The van der Waals surface area contributed by atoms with Gasteiger partial charge in [-0.1, -0.05) is 32.0 Å². The second-order valence-corrected chi connectivity index (χ2v) is 10.2. The van der Waals surface area contributed by atoms with Gasteiger partial charge in [0.15, 0.2) is 11.3 Å². The number of methoxy groups -OCH3 is 2. The number of benzene rings is 2. The topological polar surface area (TPSA) is 92.4 Å². The van der Waals surface area contributed by atoms with Crippen molar-refractivity contribution in [1.29, 1.82) is 0 Å². The van der Waals surface area contributed by atoms with E-state index in [0.717, 1.165) is 11.8 Å². The number of para-hydroxylation sites is 1. The van der Waals surface area contributed by atoms with Gasteiger partial charge in [-0.25, -0.2) is 9.50 Å². The summed E-state index contributed by atoms with van der Waals surface area (Å²) in [5.74, 6) is 0.750. The normalized spacial score (nSPS) is 16.3. The van der Waals surface area contributed by atoms with E-state index in [1.54, 1.807) is 36.3 Å². The number of aromatic nitrogens is 3. The predicted molar refractivity (Wildman–Crippen MR) is 161 cm³/mol. The Hall–Kier alpha value is -4.16. The second-order valence-electron chi connectivity index (χ2n) is 10.2. The van der Waals surface area contributed by atoms with Gasteiger partial charge in [0.05, 0.1) is 38.8 Å². The van der Waals surface area contributed by atoms with E-state index in [0.29, 0.717) is 41.2 Å². The maximum atomic E-state index is 14.3. The zero-order valence-corrected chi connectivity index (χ0v) is 25.7. The molecule has 236 valence electrons. The maximum Gasteiger partial charge on any atom is 0.433 e. The van der Waals surface area contributed by atoms with Crippen molar-refractivity contribution in [2.75, 3.05) is 40.5 Å². The van der Waals surface area contributed by atoms with E-state index < -0.39 is 17.8 Å². The first-order valence-electron chi connectivity index (χ1n) is 14.5. The van der Waals surface area contributed by atoms with E-state index in [1.165, 1.54) is 14.0 Å². The molecule has 0 radical (unpaired) electrons. The van der Waals surface area contributed by atoms with Gasteiger partial charge in [0.1, 0.15) is 17.1 Å². The fraction of sp³-hybridized carbons (Fsp3) is 0.406. The Labute approximate surface area is 254 Å². The van der Waals surface area contributed by atoms with E-state index in [9.17, 15) is 23.1 Å². The number of nitrogens with zero attached hydrogens (tertiary/aromatic N) is 5. The first kappa shape index (κ1) is 32.7. The van der Waals surface area contributed by atoms with Crippen molar-refractivity contribution >= 4 is 11.6 Å². The van der Waals surface area contributed by atoms with Gasteiger partial charge in [-0.15, -0.1) is 0 Å². The van der Waals surface area contributed by atoms with Crippen LogP contribution in [0.2, 0.25) is 0 Å². The molecule has 1 saturated heterocycles. The summed E-state index contributed by atoms with van der Waals surface area (Å²) in [4.78, 5) is 22.1. The SMILES string of the molecule is CC.COc1ccc(-c2nc3c(C(=O)N4CCN(C(CO)c5ccccc5OC)C[C@H]4C)cnn3c(C(F)(F)F)c2C)cc1. The van der Waals surface area contributed by atoms with Crippen molar-refractivity contribution < 1.29 is 32.5 Å². The average Bonchev–Trinajstić information content (AvgIpc) is 3.44. The Morgan fingerprint density at radius 2 is 1.75 bits per heavy atom. The van der Waals surface area contributed by atoms with E-state index in [-0.39, 0.29) is 41.2 Å². The molecule has 1 unspecified atom stereocenters. The molecule has 4 aromatic rings. The molecule has 1 N–H and O–H groups in total. The van der Waals surface area contributed by atoms with Crippen LogP contribution in [0.5, 0.6) is 11.5 Å². The van der Waals surface area contributed by atoms with Crippen molar-refractivity contribution in [1.82, 2.24) is 24.4 Å². The number of hydrogen-bond donors (Lipinski definition) is 1. The number of carbonyl (C=O) groups is 1. The number of alkyl halides is 3. The highest BCUT2D eigenvalue weighted by molar-refractivity contribution is 6.00. The quantitative estimate of drug-likeness (QED) is 0.288. The minimum absolute atomic E-state index is 0.0148. The highest BCUT2D eigenvalue weighted by Crippen LogP contribution is 2.37. The molecule has 1 amide bonds. The van der Waals surface area contributed by atoms with Crippen LogP contribution in [-0.4, -0.2) is 81.9 Å². The van der Waals surface area contributed by atoms with Gasteiger partial charge in [-0.3, -0.25) is 9.69 Å². The molecule has 44 heavy (non-hydrogen) atoms. The standard InChI is InChI=1S/C30H32F3N5O4.C2H6/c1-18-16-36(24(17-39)22-7-5-6-8-25(22)42-4)13-14-37(18)29(40)23-15-34-38-27(30(31,32)33)19(2)26(35-28(23)38)20-9-11-21(41-3)12-10-20;1-2/h5-12,15,18,24,39H,13-14,16-17H2,1-4H3;1-2H3/t18-,24?;/m1./s1. The summed E-state index contributed by atoms with van der Waals surface area (Å²) in [6.07, 6.45) is -3.59. The van der Waals surface area contributed by atoms with Crippen molar-refractivity contribution in [3.05, 3.63) is 77.1 Å². The van der Waals surface area contributed by atoms with Crippen LogP contribution in [0, 0.1) is 6.92 Å². The summed E-state index contributed by atoms with van der Waals surface area (Å²) < 4.78 is 54.4. The molecule has 9 nitrogen and oxygen atoms in total. The van der Waals surface area contributed by atoms with Crippen LogP contribution >= 0.6 is 0 Å². The minimum atomic E-state index is -4.74. The van der Waals surface area contributed by atoms with Crippen LogP contribution in [0.3, 0.4) is 0 Å². The van der Waals surface area contributed by atoms with Gasteiger partial charge in [0.25, 0.3) is 5.91 Å². The van der Waals surface area contributed by atoms with Gasteiger partial charge in [0.2, 0.25) is 0 Å². The Morgan fingerprint density at radius 3 is 2.34 bits per heavy atom. The van der Waals surface area contributed by atoms with Crippen molar-refractivity contribution in [2.24, 2.45) is 0 Å². The van der Waals surface area contributed by atoms with Gasteiger partial charge < -0.3 is 19.5 Å². The van der Waals surface area contributed by atoms with Gasteiger partial charge in [0, 0.05) is 42.4 Å². The number of halogens is 3. The van der Waals surface area contributed by atoms with Gasteiger partial charge in [-0.05, 0) is 44.2 Å². The molecule has 12 heteroatoms. The zero-order valence-electron chi connectivity index (χ0n) is 25.7. The van der Waals surface area contributed by atoms with Crippen LogP contribution in [0.15, 0.2) is 54.7 Å². The molecular formula is C32H38F3N5O4. The molecule has 0 aliphatic carbocycles. The monoisotopic (exact) mass is 613 g/mol. The fourth-order valence-corrected chi connectivity index (χ4v) is 5.66. The molecule has 0 spiro atoms. The lowest BCUT2D eigenvalue weighted by atomic mass is 10.0. The highest BCUT2D eigenvalue weighted by Gasteiger charge is 2.40. The average molecular weight is 614 g/mol. The summed E-state index contributed by atoms with van der Waals surface area (Å²) in [7, 11) is 3.07. The number of ether oxygens (including phenoxy) is 2. The molecule has 1 aliphatic rings. The molecule has 1 fully saturated rings. The van der Waals surface area contributed by atoms with Crippen molar-refractivity contribution in [2.45, 2.75) is 46.0 Å². The Bertz CT molecular complexity index is 1590. The fourth-order valence-electron chi connectivity index (χ4n) is 5.66. The predicted octanol–water partition coefficient (Wildman–Crippen LogP) is 5.65. The first-order valence-corrected chi connectivity index (χ1v) is 14.5. The largest absolute Gasteiger partial charge is 0.497 e. The molecular weight excluding hydrogens is 575 g/mol. The molecule has 2 atom stereocenters. The Morgan fingerprint density at radius 1 is 1.07 bits per heavy atom. The minimum Gasteiger partial charge on any atom is -0.497 e. The number of piperazine rings is 1. The summed E-state index contributed by atoms with van der Waals surface area (Å²) in [5, 5.41) is 14.2. The number of rotatable bonds is 7. The number of amides is 1. The summed E-state index contributed by atoms with van der Waals surface area (Å²) in [5.41, 5.74) is 0.122. The second kappa shape index (κ2) is 13.6. The number of carbonyl (C=O) groups excluding carboxylic acids is 1. The number of fused-ring (bicyclic) bond motifs is 1. The van der Waals surface area contributed by atoms with Gasteiger partial charge >= 0.3 is 6.18 Å². The summed E-state index contributed by atoms with van der Waals surface area (Å²) >= 11 is 0. The lowest BCUT2D eigenvalue weighted by Gasteiger charge is -2.43. The van der Waals surface area contributed by atoms with E-state index in [4.69, 9.17) is 9.47 Å². The van der Waals surface area contributed by atoms with E-state index in [1.807, 2.05) is 45.0 Å². The number of hydrogen-bond acceptors (Lipinski definition) is 7. The maximum absolute atomic E-state index is 14.3. The number of aliphatic hydroxyl groups excluding tert-OH is 1. The van der Waals surface area contributed by atoms with Crippen LogP contribution in [-0.2, 0) is 6.18 Å². The van der Waals surface area contributed by atoms with Crippen LogP contribution in [0.4, 0.5) is 13.2 Å². The van der Waals surface area contributed by atoms with Crippen LogP contribution < -0.4 is 9.47 Å². The third-order valence-corrected chi connectivity index (χ3v) is 7.78. The number of aliphatic hydroxyl groups is 1. The van der Waals surface area contributed by atoms with E-state index in [2.05, 4.69) is 15.0 Å². The molecule has 1 aliphatic heterocycles. The van der Waals surface area contributed by atoms with E-state index >= 15 is 0 Å². The molecule has 5 rings (SSSR count). The molecule has 0 bridgehead atoms. The molecule has 2 aromatic carbocycles. The van der Waals surface area contributed by atoms with Crippen LogP contribution in [0.25, 0.3) is 16.9 Å². The molecule has 3 heterocycles. The highest BCUT2D eigenvalue weighted by atomic mass is 19.4. The summed E-state index contributed by atoms with van der Waals surface area (Å²) in [6.45, 7) is 8.24. The Kier molecular flexibility index (Phi) is 10.2. The third-order valence-electron chi connectivity index (χ3n) is 7.78. The smallest absolute Gasteiger partial charge is 0.433 e. The van der Waals surface area contributed by atoms with Gasteiger partial charge in [-0.2, -0.15) is 18.3 Å².